The number of aromatic nitrogens is 2. The third-order valence-electron chi connectivity index (χ3n) is 3.30. The van der Waals surface area contributed by atoms with E-state index < -0.39 is 5.54 Å². The Morgan fingerprint density at radius 2 is 1.88 bits per heavy atom. The van der Waals surface area contributed by atoms with Crippen LogP contribution in [0.3, 0.4) is 0 Å². The highest BCUT2D eigenvalue weighted by molar-refractivity contribution is 5.03. The lowest BCUT2D eigenvalue weighted by Crippen LogP contribution is -2.36. The van der Waals surface area contributed by atoms with Crippen LogP contribution in [0.5, 0.6) is 0 Å². The number of nitrogens with two attached hydrogens (primary N) is 1. The molecule has 0 spiro atoms. The fourth-order valence-electron chi connectivity index (χ4n) is 1.53. The fraction of sp³-hybridized carbons (Fsp3) is 0.833. The molecule has 0 aliphatic rings. The van der Waals surface area contributed by atoms with Gasteiger partial charge in [-0.25, -0.2) is 0 Å². The van der Waals surface area contributed by atoms with Gasteiger partial charge in [0.1, 0.15) is 0 Å². The minimum Gasteiger partial charge on any atom is -0.378 e. The molecule has 0 aliphatic carbocycles. The Labute approximate surface area is 103 Å². The summed E-state index contributed by atoms with van der Waals surface area (Å²) in [7, 11) is 1.67. The van der Waals surface area contributed by atoms with E-state index in [1.165, 1.54) is 0 Å². The molecule has 0 aromatic carbocycles. The molecule has 5 heteroatoms. The van der Waals surface area contributed by atoms with Crippen molar-refractivity contribution in [2.24, 2.45) is 5.73 Å². The van der Waals surface area contributed by atoms with Crippen molar-refractivity contribution in [1.82, 2.24) is 10.1 Å². The lowest BCUT2D eigenvalue weighted by molar-refractivity contribution is 0.0170. The molecule has 1 aromatic rings. The third kappa shape index (κ3) is 3.26. The van der Waals surface area contributed by atoms with Crippen molar-refractivity contribution in [3.05, 3.63) is 11.7 Å². The van der Waals surface area contributed by atoms with E-state index in [9.17, 15) is 0 Å². The second-order valence-corrected chi connectivity index (χ2v) is 5.02. The molecule has 0 fully saturated rings. The van der Waals surface area contributed by atoms with Crippen LogP contribution >= 0.6 is 0 Å². The molecule has 0 unspecified atom stereocenters. The summed E-state index contributed by atoms with van der Waals surface area (Å²) < 4.78 is 10.6. The maximum Gasteiger partial charge on any atom is 0.229 e. The molecule has 0 bridgehead atoms. The number of methoxy groups -OCH3 is 1. The Kier molecular flexibility index (Phi) is 4.27. The Morgan fingerprint density at radius 3 is 2.35 bits per heavy atom. The van der Waals surface area contributed by atoms with Crippen LogP contribution in [-0.4, -0.2) is 22.9 Å². The highest BCUT2D eigenvalue weighted by atomic mass is 16.5. The molecular formula is C12H23N3O2. The van der Waals surface area contributed by atoms with Gasteiger partial charge in [-0.2, -0.15) is 4.98 Å². The van der Waals surface area contributed by atoms with Crippen LogP contribution in [0.1, 0.15) is 52.3 Å². The average Bonchev–Trinajstić information content (AvgIpc) is 2.76. The quantitative estimate of drug-likeness (QED) is 0.824. The minimum atomic E-state index is -0.487. The molecule has 2 N–H and O–H groups in total. The summed E-state index contributed by atoms with van der Waals surface area (Å²) in [6.45, 7) is 8.01. The standard InChI is InChI=1S/C12H23N3O2/c1-6-12(13,7-2)10-14-9(17-15-10)8-11(3,4)16-5/h6-8,13H2,1-5H3. The smallest absolute Gasteiger partial charge is 0.229 e. The summed E-state index contributed by atoms with van der Waals surface area (Å²) in [5.41, 5.74) is 5.42. The molecule has 0 atom stereocenters. The van der Waals surface area contributed by atoms with E-state index in [1.54, 1.807) is 7.11 Å². The lowest BCUT2D eigenvalue weighted by Gasteiger charge is -2.22. The fourth-order valence-corrected chi connectivity index (χ4v) is 1.53. The number of rotatable bonds is 6. The zero-order valence-electron chi connectivity index (χ0n) is 11.4. The van der Waals surface area contributed by atoms with E-state index in [4.69, 9.17) is 15.0 Å². The molecule has 5 nitrogen and oxygen atoms in total. The van der Waals surface area contributed by atoms with Gasteiger partial charge in [0.2, 0.25) is 5.89 Å². The van der Waals surface area contributed by atoms with Crippen LogP contribution in [0.15, 0.2) is 4.52 Å². The highest BCUT2D eigenvalue weighted by Gasteiger charge is 2.30. The number of nitrogens with zero attached hydrogens (tertiary/aromatic N) is 2. The first-order chi connectivity index (χ1) is 7.87. The van der Waals surface area contributed by atoms with Gasteiger partial charge in [0, 0.05) is 7.11 Å². The minimum absolute atomic E-state index is 0.306. The van der Waals surface area contributed by atoms with E-state index in [1.807, 2.05) is 27.7 Å². The van der Waals surface area contributed by atoms with Gasteiger partial charge in [0.15, 0.2) is 5.82 Å². The Hall–Kier alpha value is -0.940. The van der Waals surface area contributed by atoms with Crippen LogP contribution in [-0.2, 0) is 16.7 Å². The highest BCUT2D eigenvalue weighted by Crippen LogP contribution is 2.24. The predicted octanol–water partition coefficient (Wildman–Crippen LogP) is 2.01. The van der Waals surface area contributed by atoms with Gasteiger partial charge in [-0.15, -0.1) is 0 Å². The van der Waals surface area contributed by atoms with Crippen LogP contribution in [0, 0.1) is 0 Å². The van der Waals surface area contributed by atoms with Crippen molar-refractivity contribution in [2.45, 2.75) is 58.1 Å². The molecular weight excluding hydrogens is 218 g/mol. The van der Waals surface area contributed by atoms with Crippen molar-refractivity contribution >= 4 is 0 Å². The van der Waals surface area contributed by atoms with Gasteiger partial charge in [-0.1, -0.05) is 19.0 Å². The maximum absolute atomic E-state index is 6.21. The van der Waals surface area contributed by atoms with E-state index in [0.717, 1.165) is 12.8 Å². The summed E-state index contributed by atoms with van der Waals surface area (Å²) in [6, 6.07) is 0. The van der Waals surface area contributed by atoms with E-state index in [2.05, 4.69) is 10.1 Å². The Balaban J connectivity index is 2.85. The lowest BCUT2D eigenvalue weighted by atomic mass is 9.93. The van der Waals surface area contributed by atoms with Crippen molar-refractivity contribution in [3.8, 4) is 0 Å². The Bertz CT molecular complexity index is 356. The van der Waals surface area contributed by atoms with Gasteiger partial charge in [-0.3, -0.25) is 0 Å². The molecule has 98 valence electrons. The summed E-state index contributed by atoms with van der Waals surface area (Å²) >= 11 is 0. The van der Waals surface area contributed by atoms with Crippen LogP contribution in [0.25, 0.3) is 0 Å². The van der Waals surface area contributed by atoms with Crippen LogP contribution < -0.4 is 5.73 Å². The maximum atomic E-state index is 6.21. The summed E-state index contributed by atoms with van der Waals surface area (Å²) in [4.78, 5) is 4.37. The molecule has 1 aromatic heterocycles. The van der Waals surface area contributed by atoms with Gasteiger partial charge in [-0.05, 0) is 26.7 Å². The number of ether oxygens (including phenoxy) is 1. The van der Waals surface area contributed by atoms with Gasteiger partial charge >= 0.3 is 0 Å². The van der Waals surface area contributed by atoms with Crippen molar-refractivity contribution in [2.75, 3.05) is 7.11 Å². The van der Waals surface area contributed by atoms with Crippen molar-refractivity contribution in [1.29, 1.82) is 0 Å². The van der Waals surface area contributed by atoms with E-state index >= 15 is 0 Å². The molecule has 1 rings (SSSR count). The molecule has 0 saturated carbocycles. The summed E-state index contributed by atoms with van der Waals surface area (Å²) in [6.07, 6.45) is 2.16. The molecule has 0 aliphatic heterocycles. The topological polar surface area (TPSA) is 74.2 Å². The van der Waals surface area contributed by atoms with E-state index in [0.29, 0.717) is 18.1 Å². The normalized spacial score (nSPS) is 13.1. The molecule has 17 heavy (non-hydrogen) atoms. The number of hydrogen-bond acceptors (Lipinski definition) is 5. The largest absolute Gasteiger partial charge is 0.378 e. The first kappa shape index (κ1) is 14.1. The monoisotopic (exact) mass is 241 g/mol. The average molecular weight is 241 g/mol. The molecule has 0 saturated heterocycles. The van der Waals surface area contributed by atoms with Crippen molar-refractivity contribution < 1.29 is 9.26 Å². The molecule has 0 radical (unpaired) electrons. The second-order valence-electron chi connectivity index (χ2n) is 5.02. The van der Waals surface area contributed by atoms with E-state index in [-0.39, 0.29) is 5.60 Å². The molecule has 0 amide bonds. The number of hydrogen-bond donors (Lipinski definition) is 1. The first-order valence-corrected chi connectivity index (χ1v) is 6.04. The second kappa shape index (κ2) is 5.14. The van der Waals surface area contributed by atoms with Crippen LogP contribution in [0.4, 0.5) is 0 Å². The third-order valence-corrected chi connectivity index (χ3v) is 3.30. The molecule has 1 heterocycles. The summed E-state index contributed by atoms with van der Waals surface area (Å²) in [5.74, 6) is 1.16. The van der Waals surface area contributed by atoms with Gasteiger partial charge in [0.05, 0.1) is 17.6 Å². The zero-order chi connectivity index (χ0) is 13.1. The van der Waals surface area contributed by atoms with Crippen molar-refractivity contribution in [3.63, 3.8) is 0 Å². The Morgan fingerprint density at radius 1 is 1.29 bits per heavy atom. The van der Waals surface area contributed by atoms with Gasteiger partial charge in [0.25, 0.3) is 0 Å². The summed E-state index contributed by atoms with van der Waals surface area (Å²) in [5, 5.41) is 3.98. The zero-order valence-corrected chi connectivity index (χ0v) is 11.4. The SMILES string of the molecule is CCC(N)(CC)c1noc(CC(C)(C)OC)n1. The van der Waals surface area contributed by atoms with Crippen LogP contribution in [0.2, 0.25) is 0 Å². The first-order valence-electron chi connectivity index (χ1n) is 6.04. The van der Waals surface area contributed by atoms with Gasteiger partial charge < -0.3 is 15.0 Å². The predicted molar refractivity (Wildman–Crippen MR) is 65.5 cm³/mol.